The van der Waals surface area contributed by atoms with Crippen LogP contribution in [-0.2, 0) is 4.79 Å². The van der Waals surface area contributed by atoms with E-state index in [-0.39, 0.29) is 24.5 Å². The van der Waals surface area contributed by atoms with Crippen LogP contribution >= 0.6 is 11.3 Å². The highest BCUT2D eigenvalue weighted by Crippen LogP contribution is 2.21. The van der Waals surface area contributed by atoms with E-state index in [2.05, 4.69) is 10.6 Å². The molecular weight excluding hydrogens is 252 g/mol. The van der Waals surface area contributed by atoms with Crippen LogP contribution in [0.5, 0.6) is 0 Å². The van der Waals surface area contributed by atoms with Crippen molar-refractivity contribution in [2.75, 3.05) is 0 Å². The van der Waals surface area contributed by atoms with Crippen LogP contribution in [-0.4, -0.2) is 23.1 Å². The van der Waals surface area contributed by atoms with E-state index in [0.29, 0.717) is 0 Å². The van der Waals surface area contributed by atoms with E-state index < -0.39 is 5.97 Å². The van der Waals surface area contributed by atoms with Gasteiger partial charge in [-0.15, -0.1) is 11.3 Å². The van der Waals surface area contributed by atoms with Crippen LogP contribution in [0.4, 0.5) is 4.79 Å². The number of carbonyl (C=O) groups excluding carboxylic acids is 1. The molecule has 0 saturated heterocycles. The van der Waals surface area contributed by atoms with E-state index in [1.54, 1.807) is 18.3 Å². The lowest BCUT2D eigenvalue weighted by Gasteiger charge is -2.18. The molecule has 0 radical (unpaired) electrons. The molecule has 2 unspecified atom stereocenters. The van der Waals surface area contributed by atoms with Crippen molar-refractivity contribution in [2.45, 2.75) is 38.8 Å². The van der Waals surface area contributed by atoms with Crippen LogP contribution in [0.3, 0.4) is 0 Å². The first kappa shape index (κ1) is 14.5. The van der Waals surface area contributed by atoms with Gasteiger partial charge in [0.05, 0.1) is 12.5 Å². The highest BCUT2D eigenvalue weighted by Gasteiger charge is 2.15. The molecule has 100 valence electrons. The maximum absolute atomic E-state index is 11.7. The van der Waals surface area contributed by atoms with E-state index in [9.17, 15) is 9.59 Å². The van der Waals surface area contributed by atoms with Gasteiger partial charge in [0.25, 0.3) is 0 Å². The Balaban J connectivity index is 2.45. The van der Waals surface area contributed by atoms with Crippen molar-refractivity contribution in [3.63, 3.8) is 0 Å². The van der Waals surface area contributed by atoms with Gasteiger partial charge in [-0.2, -0.15) is 0 Å². The van der Waals surface area contributed by atoms with Gasteiger partial charge in [-0.1, -0.05) is 13.0 Å². The number of rotatable bonds is 6. The second-order valence-electron chi connectivity index (χ2n) is 4.09. The van der Waals surface area contributed by atoms with Crippen LogP contribution in [0.25, 0.3) is 0 Å². The number of nitrogens with one attached hydrogen (secondary N) is 2. The molecule has 0 aliphatic heterocycles. The third-order valence-corrected chi connectivity index (χ3v) is 3.44. The summed E-state index contributed by atoms with van der Waals surface area (Å²) in [6, 6.07) is 3.17. The first-order chi connectivity index (χ1) is 8.52. The van der Waals surface area contributed by atoms with E-state index in [1.165, 1.54) is 0 Å². The fraction of sp³-hybridized carbons (Fsp3) is 0.500. The minimum atomic E-state index is -0.923. The van der Waals surface area contributed by atoms with Gasteiger partial charge < -0.3 is 15.7 Å². The normalized spacial score (nSPS) is 13.7. The van der Waals surface area contributed by atoms with Crippen molar-refractivity contribution in [3.8, 4) is 0 Å². The molecule has 1 heterocycles. The molecule has 0 fully saturated rings. The SMILES string of the molecule is CCC(NC(=O)NC(C)CC(=O)O)c1cccs1. The third-order valence-electron chi connectivity index (χ3n) is 2.46. The van der Waals surface area contributed by atoms with E-state index in [4.69, 9.17) is 5.11 Å². The molecule has 1 rings (SSSR count). The monoisotopic (exact) mass is 270 g/mol. The number of carbonyl (C=O) groups is 2. The number of amides is 2. The molecule has 1 aromatic heterocycles. The summed E-state index contributed by atoms with van der Waals surface area (Å²) in [6.07, 6.45) is 0.713. The number of carboxylic acids is 1. The summed E-state index contributed by atoms with van der Waals surface area (Å²) in [4.78, 5) is 23.3. The quantitative estimate of drug-likeness (QED) is 0.742. The average Bonchev–Trinajstić information content (AvgIpc) is 2.77. The molecule has 3 N–H and O–H groups in total. The molecule has 0 aromatic carbocycles. The van der Waals surface area contributed by atoms with E-state index >= 15 is 0 Å². The smallest absolute Gasteiger partial charge is 0.315 e. The van der Waals surface area contributed by atoms with Crippen molar-refractivity contribution in [1.82, 2.24) is 10.6 Å². The Morgan fingerprint density at radius 2 is 2.17 bits per heavy atom. The minimum absolute atomic E-state index is 0.0259. The third kappa shape index (κ3) is 4.75. The lowest BCUT2D eigenvalue weighted by Crippen LogP contribution is -2.42. The fourth-order valence-electron chi connectivity index (χ4n) is 1.60. The molecule has 0 saturated carbocycles. The largest absolute Gasteiger partial charge is 0.481 e. The van der Waals surface area contributed by atoms with Crippen molar-refractivity contribution >= 4 is 23.3 Å². The van der Waals surface area contributed by atoms with Crippen molar-refractivity contribution in [3.05, 3.63) is 22.4 Å². The van der Waals surface area contributed by atoms with Gasteiger partial charge in [-0.25, -0.2) is 4.79 Å². The summed E-state index contributed by atoms with van der Waals surface area (Å²) in [5.41, 5.74) is 0. The van der Waals surface area contributed by atoms with E-state index in [0.717, 1.165) is 11.3 Å². The Morgan fingerprint density at radius 1 is 1.44 bits per heavy atom. The molecule has 0 aliphatic rings. The topological polar surface area (TPSA) is 78.4 Å². The van der Waals surface area contributed by atoms with Gasteiger partial charge in [0.2, 0.25) is 0 Å². The summed E-state index contributed by atoms with van der Waals surface area (Å²) in [5, 5.41) is 16.0. The molecule has 5 nitrogen and oxygen atoms in total. The zero-order valence-corrected chi connectivity index (χ0v) is 11.3. The maximum atomic E-state index is 11.7. The zero-order chi connectivity index (χ0) is 13.5. The minimum Gasteiger partial charge on any atom is -0.481 e. The molecule has 0 bridgehead atoms. The van der Waals surface area contributed by atoms with Gasteiger partial charge in [0.15, 0.2) is 0 Å². The van der Waals surface area contributed by atoms with Crippen LogP contribution in [0, 0.1) is 0 Å². The first-order valence-corrected chi connectivity index (χ1v) is 6.73. The summed E-state index contributed by atoms with van der Waals surface area (Å²) < 4.78 is 0. The number of hydrogen-bond donors (Lipinski definition) is 3. The maximum Gasteiger partial charge on any atom is 0.315 e. The number of urea groups is 1. The predicted molar refractivity (Wildman–Crippen MR) is 70.7 cm³/mol. The van der Waals surface area contributed by atoms with Gasteiger partial charge >= 0.3 is 12.0 Å². The molecule has 6 heteroatoms. The van der Waals surface area contributed by atoms with Crippen LogP contribution < -0.4 is 10.6 Å². The van der Waals surface area contributed by atoms with Crippen LogP contribution in [0.1, 0.15) is 37.6 Å². The molecule has 0 aliphatic carbocycles. The highest BCUT2D eigenvalue weighted by atomic mass is 32.1. The number of aliphatic carboxylic acids is 1. The van der Waals surface area contributed by atoms with Gasteiger partial charge in [0, 0.05) is 10.9 Å². The van der Waals surface area contributed by atoms with Crippen molar-refractivity contribution < 1.29 is 14.7 Å². The van der Waals surface area contributed by atoms with Gasteiger partial charge in [-0.05, 0) is 24.8 Å². The zero-order valence-electron chi connectivity index (χ0n) is 10.5. The molecule has 2 amide bonds. The fourth-order valence-corrected chi connectivity index (χ4v) is 2.46. The van der Waals surface area contributed by atoms with Crippen LogP contribution in [0.2, 0.25) is 0 Å². The van der Waals surface area contributed by atoms with Gasteiger partial charge in [0.1, 0.15) is 0 Å². The van der Waals surface area contributed by atoms with Crippen molar-refractivity contribution in [1.29, 1.82) is 0 Å². The Hall–Kier alpha value is -1.56. The van der Waals surface area contributed by atoms with Gasteiger partial charge in [-0.3, -0.25) is 4.79 Å². The van der Waals surface area contributed by atoms with Crippen LogP contribution in [0.15, 0.2) is 17.5 Å². The molecule has 2 atom stereocenters. The summed E-state index contributed by atoms with van der Waals surface area (Å²) in [7, 11) is 0. The second kappa shape index (κ2) is 7.00. The summed E-state index contributed by atoms with van der Waals surface area (Å²) >= 11 is 1.59. The van der Waals surface area contributed by atoms with E-state index in [1.807, 2.05) is 24.4 Å². The lowest BCUT2D eigenvalue weighted by molar-refractivity contribution is -0.137. The molecular formula is C12H18N2O3S. The predicted octanol–water partition coefficient (Wildman–Crippen LogP) is 2.36. The number of thiophene rings is 1. The first-order valence-electron chi connectivity index (χ1n) is 5.85. The van der Waals surface area contributed by atoms with Crippen molar-refractivity contribution in [2.24, 2.45) is 0 Å². The Kier molecular flexibility index (Phi) is 5.64. The number of carboxylic acid groups (broad SMARTS) is 1. The number of hydrogen-bond acceptors (Lipinski definition) is 3. The molecule has 0 spiro atoms. The average molecular weight is 270 g/mol. The Labute approximate surface area is 110 Å². The Bertz CT molecular complexity index is 392. The standard InChI is InChI=1S/C12H18N2O3S/c1-3-9(10-5-4-6-18-10)14-12(17)13-8(2)7-11(15)16/h4-6,8-9H,3,7H2,1-2H3,(H,15,16)(H2,13,14,17). The Morgan fingerprint density at radius 3 is 2.67 bits per heavy atom. The second-order valence-corrected chi connectivity index (χ2v) is 5.07. The lowest BCUT2D eigenvalue weighted by atomic mass is 10.2. The highest BCUT2D eigenvalue weighted by molar-refractivity contribution is 7.10. The molecule has 18 heavy (non-hydrogen) atoms. The molecule has 1 aromatic rings. The summed E-state index contributed by atoms with van der Waals surface area (Å²) in [5.74, 6) is -0.923. The summed E-state index contributed by atoms with van der Waals surface area (Å²) in [6.45, 7) is 3.66.